The highest BCUT2D eigenvalue weighted by atomic mass is 32.2. The Hall–Kier alpha value is -2.75. The fraction of sp³-hybridized carbons (Fsp3) is 0.364. The van der Waals surface area contributed by atoms with Gasteiger partial charge in [-0.25, -0.2) is 8.42 Å². The summed E-state index contributed by atoms with van der Waals surface area (Å²) in [6, 6.07) is 11.9. The molecular weight excluding hydrogens is 416 g/mol. The molecule has 2 aliphatic rings. The third-order valence-corrected chi connectivity index (χ3v) is 7.72. The van der Waals surface area contributed by atoms with Crippen molar-refractivity contribution < 1.29 is 18.0 Å². The highest BCUT2D eigenvalue weighted by Crippen LogP contribution is 2.28. The Morgan fingerprint density at radius 3 is 2.23 bits per heavy atom. The number of hydrogen-bond donors (Lipinski definition) is 1. The summed E-state index contributed by atoms with van der Waals surface area (Å²) in [5, 5.41) is 0. The molecular formula is C22H26N4O4S. The first kappa shape index (κ1) is 21.5. The number of fused-ring (bicyclic) bond motifs is 1. The second kappa shape index (κ2) is 8.41. The fourth-order valence-electron chi connectivity index (χ4n) is 4.07. The summed E-state index contributed by atoms with van der Waals surface area (Å²) in [6.07, 6.45) is 1.93. The Labute approximate surface area is 182 Å². The number of carbonyl (C=O) groups is 2. The molecule has 9 heteroatoms. The Morgan fingerprint density at radius 2 is 1.61 bits per heavy atom. The lowest BCUT2D eigenvalue weighted by atomic mass is 10.1. The van der Waals surface area contributed by atoms with Gasteiger partial charge in [0.1, 0.15) is 0 Å². The molecule has 1 fully saturated rings. The molecule has 0 unspecified atom stereocenters. The lowest BCUT2D eigenvalue weighted by Gasteiger charge is -2.35. The van der Waals surface area contributed by atoms with Crippen molar-refractivity contribution in [3.05, 3.63) is 59.2 Å². The molecule has 0 saturated carbocycles. The molecule has 0 aliphatic carbocycles. The number of amides is 2. The van der Waals surface area contributed by atoms with Gasteiger partial charge in [-0.05, 0) is 36.2 Å². The van der Waals surface area contributed by atoms with Gasteiger partial charge in [-0.3, -0.25) is 19.4 Å². The van der Waals surface area contributed by atoms with Crippen molar-refractivity contribution in [2.45, 2.75) is 24.7 Å². The lowest BCUT2D eigenvalue weighted by molar-refractivity contribution is 0.0501. The van der Waals surface area contributed by atoms with Gasteiger partial charge in [-0.2, -0.15) is 4.31 Å². The number of anilines is 1. The maximum atomic E-state index is 13.0. The van der Waals surface area contributed by atoms with Crippen LogP contribution in [0.2, 0.25) is 0 Å². The predicted molar refractivity (Wildman–Crippen MR) is 117 cm³/mol. The third kappa shape index (κ3) is 3.96. The first-order valence-corrected chi connectivity index (χ1v) is 11.8. The van der Waals surface area contributed by atoms with Crippen LogP contribution in [0.15, 0.2) is 47.4 Å². The Bertz CT molecular complexity index is 1110. The Kier molecular flexibility index (Phi) is 5.83. The molecule has 2 aromatic rings. The van der Waals surface area contributed by atoms with E-state index in [-0.39, 0.29) is 23.0 Å². The zero-order valence-corrected chi connectivity index (χ0v) is 18.3. The van der Waals surface area contributed by atoms with E-state index < -0.39 is 15.9 Å². The lowest BCUT2D eigenvalue weighted by Crippen LogP contribution is -2.52. The maximum Gasteiger partial charge on any atom is 0.264 e. The topological polar surface area (TPSA) is 104 Å². The number of nitrogens with two attached hydrogens (primary N) is 1. The second-order valence-corrected chi connectivity index (χ2v) is 9.80. The number of carbonyl (C=O) groups excluding carboxylic acids is 2. The van der Waals surface area contributed by atoms with E-state index in [0.717, 1.165) is 18.4 Å². The summed E-state index contributed by atoms with van der Waals surface area (Å²) in [5.41, 5.74) is 7.86. The average Bonchev–Trinajstić information content (AvgIpc) is 3.00. The molecule has 0 aromatic heterocycles. The minimum Gasteiger partial charge on any atom is -0.398 e. The highest BCUT2D eigenvalue weighted by Gasteiger charge is 2.38. The average molecular weight is 443 g/mol. The first-order valence-electron chi connectivity index (χ1n) is 10.4. The number of imide groups is 1. The van der Waals surface area contributed by atoms with Gasteiger partial charge in [0.05, 0.1) is 22.7 Å². The molecule has 1 saturated heterocycles. The SMILES string of the molecule is CCCc1ccc(S(=O)(=O)N2CCN(CN3C(=O)c4cccc(N)c4C3=O)CC2)cc1. The molecule has 31 heavy (non-hydrogen) atoms. The van der Waals surface area contributed by atoms with Crippen LogP contribution in [0.5, 0.6) is 0 Å². The Morgan fingerprint density at radius 1 is 0.935 bits per heavy atom. The molecule has 0 spiro atoms. The number of nitrogen functional groups attached to an aromatic ring is 1. The largest absolute Gasteiger partial charge is 0.398 e. The van der Waals surface area contributed by atoms with Crippen molar-refractivity contribution in [3.63, 3.8) is 0 Å². The minimum atomic E-state index is -3.57. The van der Waals surface area contributed by atoms with Crippen molar-refractivity contribution in [2.24, 2.45) is 0 Å². The van der Waals surface area contributed by atoms with Crippen LogP contribution in [0.4, 0.5) is 5.69 Å². The van der Waals surface area contributed by atoms with Crippen LogP contribution in [0.1, 0.15) is 39.6 Å². The van der Waals surface area contributed by atoms with Gasteiger partial charge in [0, 0.05) is 31.9 Å². The maximum absolute atomic E-state index is 13.0. The summed E-state index contributed by atoms with van der Waals surface area (Å²) in [6.45, 7) is 3.65. The smallest absolute Gasteiger partial charge is 0.264 e. The number of rotatable bonds is 6. The molecule has 2 N–H and O–H groups in total. The van der Waals surface area contributed by atoms with E-state index >= 15 is 0 Å². The molecule has 2 aliphatic heterocycles. The number of piperazine rings is 1. The molecule has 8 nitrogen and oxygen atoms in total. The summed E-state index contributed by atoms with van der Waals surface area (Å²) in [5.74, 6) is -0.769. The van der Waals surface area contributed by atoms with E-state index in [0.29, 0.717) is 37.4 Å². The number of benzene rings is 2. The zero-order valence-electron chi connectivity index (χ0n) is 17.5. The van der Waals surface area contributed by atoms with Crippen LogP contribution in [-0.2, 0) is 16.4 Å². The quantitative estimate of drug-likeness (QED) is 0.540. The van der Waals surface area contributed by atoms with E-state index in [1.807, 2.05) is 17.0 Å². The molecule has 164 valence electrons. The minimum absolute atomic E-state index is 0.116. The van der Waals surface area contributed by atoms with Gasteiger partial charge >= 0.3 is 0 Å². The summed E-state index contributed by atoms with van der Waals surface area (Å²) >= 11 is 0. The standard InChI is InChI=1S/C22H26N4O4S/c1-2-4-16-7-9-17(10-8-16)31(29,30)25-13-11-24(12-14-25)15-26-21(27)18-5-3-6-19(23)20(18)22(26)28/h3,5-10H,2,4,11-15,23H2,1H3. The second-order valence-electron chi connectivity index (χ2n) is 7.87. The van der Waals surface area contributed by atoms with Crippen LogP contribution in [0, 0.1) is 0 Å². The van der Waals surface area contributed by atoms with Gasteiger partial charge in [0.2, 0.25) is 10.0 Å². The number of aryl methyl sites for hydroxylation is 1. The number of hydrogen-bond acceptors (Lipinski definition) is 6. The first-order chi connectivity index (χ1) is 14.8. The summed E-state index contributed by atoms with van der Waals surface area (Å²) in [7, 11) is -3.57. The van der Waals surface area contributed by atoms with Gasteiger partial charge in [0.15, 0.2) is 0 Å². The van der Waals surface area contributed by atoms with Gasteiger partial charge in [0.25, 0.3) is 11.8 Å². The molecule has 0 radical (unpaired) electrons. The van der Waals surface area contributed by atoms with Crippen LogP contribution in [-0.4, -0.2) is 67.2 Å². The van der Waals surface area contributed by atoms with E-state index in [2.05, 4.69) is 6.92 Å². The van der Waals surface area contributed by atoms with Gasteiger partial charge in [-0.15, -0.1) is 0 Å². The number of nitrogens with zero attached hydrogens (tertiary/aromatic N) is 3. The van der Waals surface area contributed by atoms with E-state index in [4.69, 9.17) is 5.73 Å². The van der Waals surface area contributed by atoms with Crippen molar-refractivity contribution in [3.8, 4) is 0 Å². The molecule has 4 rings (SSSR count). The van der Waals surface area contributed by atoms with Crippen LogP contribution in [0.25, 0.3) is 0 Å². The van der Waals surface area contributed by atoms with Crippen LogP contribution >= 0.6 is 0 Å². The van der Waals surface area contributed by atoms with Crippen molar-refractivity contribution in [1.29, 1.82) is 0 Å². The Balaban J connectivity index is 1.39. The van der Waals surface area contributed by atoms with Crippen LogP contribution < -0.4 is 5.73 Å². The molecule has 2 aromatic carbocycles. The molecule has 0 bridgehead atoms. The van der Waals surface area contributed by atoms with Crippen molar-refractivity contribution in [2.75, 3.05) is 38.6 Å². The fourth-order valence-corrected chi connectivity index (χ4v) is 5.49. The molecule has 2 heterocycles. The van der Waals surface area contributed by atoms with Gasteiger partial charge < -0.3 is 5.73 Å². The molecule has 2 amide bonds. The van der Waals surface area contributed by atoms with Crippen LogP contribution in [0.3, 0.4) is 0 Å². The summed E-state index contributed by atoms with van der Waals surface area (Å²) in [4.78, 5) is 28.7. The molecule has 0 atom stereocenters. The predicted octanol–water partition coefficient (Wildman–Crippen LogP) is 1.78. The normalized spacial score (nSPS) is 17.9. The van der Waals surface area contributed by atoms with E-state index in [1.165, 1.54) is 9.21 Å². The zero-order chi connectivity index (χ0) is 22.2. The number of sulfonamides is 1. The van der Waals surface area contributed by atoms with E-state index in [1.54, 1.807) is 30.3 Å². The van der Waals surface area contributed by atoms with E-state index in [9.17, 15) is 18.0 Å². The van der Waals surface area contributed by atoms with Crippen molar-refractivity contribution >= 4 is 27.5 Å². The highest BCUT2D eigenvalue weighted by molar-refractivity contribution is 7.89. The van der Waals surface area contributed by atoms with Gasteiger partial charge in [-0.1, -0.05) is 31.5 Å². The summed E-state index contributed by atoms with van der Waals surface area (Å²) < 4.78 is 27.4. The monoisotopic (exact) mass is 442 g/mol. The third-order valence-electron chi connectivity index (χ3n) is 5.80. The van der Waals surface area contributed by atoms with Crippen molar-refractivity contribution in [1.82, 2.24) is 14.1 Å².